The van der Waals surface area contributed by atoms with Crippen LogP contribution < -0.4 is 10.6 Å². The first-order valence-electron chi connectivity index (χ1n) is 9.07. The predicted molar refractivity (Wildman–Crippen MR) is 111 cm³/mol. The summed E-state index contributed by atoms with van der Waals surface area (Å²) in [4.78, 5) is 16.4. The fourth-order valence-electron chi connectivity index (χ4n) is 3.14. The lowest BCUT2D eigenvalue weighted by atomic mass is 9.99. The number of anilines is 2. The monoisotopic (exact) mass is 418 g/mol. The Kier molecular flexibility index (Phi) is 5.24. The zero-order chi connectivity index (χ0) is 22.0. The van der Waals surface area contributed by atoms with Gasteiger partial charge < -0.3 is 10.6 Å². The number of nitrogens with one attached hydrogen (secondary N) is 2. The van der Waals surface area contributed by atoms with E-state index in [-0.39, 0.29) is 11.4 Å². The Morgan fingerprint density at radius 3 is 2.45 bits per heavy atom. The molecule has 0 fully saturated rings. The van der Waals surface area contributed by atoms with E-state index in [2.05, 4.69) is 15.6 Å². The third-order valence-corrected chi connectivity index (χ3v) is 4.50. The fraction of sp³-hybridized carbons (Fsp3) is 0. The molecule has 0 aliphatic rings. The summed E-state index contributed by atoms with van der Waals surface area (Å²) in [6.45, 7) is 0. The van der Waals surface area contributed by atoms with Crippen molar-refractivity contribution in [1.29, 1.82) is 5.26 Å². The first-order chi connectivity index (χ1) is 14.9. The number of aromatic nitrogens is 1. The topological polar surface area (TPSA) is 77.8 Å². The molecule has 3 aromatic carbocycles. The highest BCUT2D eigenvalue weighted by atomic mass is 19.1. The minimum atomic E-state index is -0.900. The van der Waals surface area contributed by atoms with Crippen LogP contribution in [0, 0.1) is 28.8 Å². The third-order valence-electron chi connectivity index (χ3n) is 4.50. The number of nitrogens with zero attached hydrogens (tertiary/aromatic N) is 2. The van der Waals surface area contributed by atoms with Gasteiger partial charge in [0.05, 0.1) is 11.2 Å². The Morgan fingerprint density at radius 1 is 0.903 bits per heavy atom. The zero-order valence-corrected chi connectivity index (χ0v) is 15.8. The van der Waals surface area contributed by atoms with Gasteiger partial charge in [0.2, 0.25) is 0 Å². The minimum absolute atomic E-state index is 0.121. The van der Waals surface area contributed by atoms with Crippen LogP contribution in [0.15, 0.2) is 66.7 Å². The number of pyridine rings is 1. The summed E-state index contributed by atoms with van der Waals surface area (Å²) >= 11 is 0. The highest BCUT2D eigenvalue weighted by Gasteiger charge is 2.12. The molecule has 4 rings (SSSR count). The number of nitriles is 1. The number of urea groups is 1. The standard InChI is InChI=1S/C23H13F3N4O/c24-14-5-7-21(20(26)9-14)30-23(31)29-16-3-1-2-13(8-16)19-11-17(12-27)28-22-10-15(25)4-6-18(19)22/h1-11H,(H2,29,30,31). The average Bonchev–Trinajstić information content (AvgIpc) is 2.74. The van der Waals surface area contributed by atoms with E-state index >= 15 is 0 Å². The van der Waals surface area contributed by atoms with Gasteiger partial charge in [0.25, 0.3) is 0 Å². The second-order valence-electron chi connectivity index (χ2n) is 6.61. The molecule has 152 valence electrons. The predicted octanol–water partition coefficient (Wildman–Crippen LogP) is 5.83. The number of fused-ring (bicyclic) bond motifs is 1. The molecule has 0 unspecified atom stereocenters. The van der Waals surface area contributed by atoms with E-state index in [1.807, 2.05) is 6.07 Å². The maximum absolute atomic E-state index is 13.7. The molecule has 1 aromatic heterocycles. The van der Waals surface area contributed by atoms with Crippen molar-refractivity contribution < 1.29 is 18.0 Å². The molecule has 1 heterocycles. The number of carbonyl (C=O) groups excluding carboxylic acids is 1. The van der Waals surface area contributed by atoms with E-state index in [9.17, 15) is 23.2 Å². The molecule has 4 aromatic rings. The molecule has 0 aliphatic carbocycles. The van der Waals surface area contributed by atoms with E-state index in [1.165, 1.54) is 12.1 Å². The van der Waals surface area contributed by atoms with Crippen molar-refractivity contribution in [3.05, 3.63) is 89.9 Å². The molecule has 0 spiro atoms. The Bertz CT molecular complexity index is 1370. The van der Waals surface area contributed by atoms with Gasteiger partial charge >= 0.3 is 6.03 Å². The molecule has 0 aliphatic heterocycles. The smallest absolute Gasteiger partial charge is 0.308 e. The Morgan fingerprint density at radius 2 is 1.68 bits per heavy atom. The summed E-state index contributed by atoms with van der Waals surface area (Å²) in [7, 11) is 0. The van der Waals surface area contributed by atoms with E-state index < -0.39 is 23.5 Å². The molecule has 5 nitrogen and oxygen atoms in total. The van der Waals surface area contributed by atoms with Crippen LogP contribution in [0.2, 0.25) is 0 Å². The molecular formula is C23H13F3N4O. The first kappa shape index (κ1) is 19.9. The van der Waals surface area contributed by atoms with Crippen LogP contribution in [-0.2, 0) is 0 Å². The SMILES string of the molecule is N#Cc1cc(-c2cccc(NC(=O)Nc3ccc(F)cc3F)c2)c2ccc(F)cc2n1. The number of carbonyl (C=O) groups is 1. The van der Waals surface area contributed by atoms with Crippen molar-refractivity contribution in [3.63, 3.8) is 0 Å². The van der Waals surface area contributed by atoms with Crippen LogP contribution >= 0.6 is 0 Å². The maximum atomic E-state index is 13.7. The molecule has 0 radical (unpaired) electrons. The van der Waals surface area contributed by atoms with Gasteiger partial charge in [-0.2, -0.15) is 5.26 Å². The van der Waals surface area contributed by atoms with Crippen LogP contribution in [0.3, 0.4) is 0 Å². The fourth-order valence-corrected chi connectivity index (χ4v) is 3.14. The van der Waals surface area contributed by atoms with Crippen LogP contribution in [0.25, 0.3) is 22.0 Å². The molecule has 8 heteroatoms. The summed E-state index contributed by atoms with van der Waals surface area (Å²) in [5.74, 6) is -2.12. The number of hydrogen-bond donors (Lipinski definition) is 2. The summed E-state index contributed by atoms with van der Waals surface area (Å²) in [6.07, 6.45) is 0. The van der Waals surface area contributed by atoms with Crippen LogP contribution in [0.1, 0.15) is 5.69 Å². The molecule has 0 saturated carbocycles. The summed E-state index contributed by atoms with van der Waals surface area (Å²) in [5, 5.41) is 14.8. The van der Waals surface area contributed by atoms with Crippen LogP contribution in [0.4, 0.5) is 29.3 Å². The molecule has 0 saturated heterocycles. The quantitative estimate of drug-likeness (QED) is 0.439. The highest BCUT2D eigenvalue weighted by molar-refractivity contribution is 6.01. The van der Waals surface area contributed by atoms with Crippen molar-refractivity contribution in [2.45, 2.75) is 0 Å². The molecular weight excluding hydrogens is 405 g/mol. The minimum Gasteiger partial charge on any atom is -0.308 e. The highest BCUT2D eigenvalue weighted by Crippen LogP contribution is 2.30. The van der Waals surface area contributed by atoms with Gasteiger partial charge in [-0.25, -0.2) is 22.9 Å². The lowest BCUT2D eigenvalue weighted by Crippen LogP contribution is -2.20. The van der Waals surface area contributed by atoms with Crippen molar-refractivity contribution in [2.75, 3.05) is 10.6 Å². The van der Waals surface area contributed by atoms with Gasteiger partial charge in [0, 0.05) is 23.2 Å². The van der Waals surface area contributed by atoms with Crippen LogP contribution in [-0.4, -0.2) is 11.0 Å². The largest absolute Gasteiger partial charge is 0.323 e. The summed E-state index contributed by atoms with van der Waals surface area (Å²) in [6, 6.07) is 16.5. The lowest BCUT2D eigenvalue weighted by molar-refractivity contribution is 0.262. The van der Waals surface area contributed by atoms with E-state index in [0.29, 0.717) is 33.8 Å². The van der Waals surface area contributed by atoms with E-state index in [4.69, 9.17) is 0 Å². The Balaban J connectivity index is 1.64. The second kappa shape index (κ2) is 8.16. The number of amides is 2. The number of halogens is 3. The first-order valence-corrected chi connectivity index (χ1v) is 9.07. The van der Waals surface area contributed by atoms with Gasteiger partial charge in [0.1, 0.15) is 29.2 Å². The molecule has 0 bridgehead atoms. The van der Waals surface area contributed by atoms with Gasteiger partial charge in [-0.05, 0) is 53.6 Å². The Labute approximate surface area is 174 Å². The zero-order valence-electron chi connectivity index (χ0n) is 15.8. The van der Waals surface area contributed by atoms with Gasteiger partial charge in [-0.1, -0.05) is 12.1 Å². The Hall–Kier alpha value is -4.38. The normalized spacial score (nSPS) is 10.5. The van der Waals surface area contributed by atoms with Crippen molar-refractivity contribution >= 4 is 28.3 Å². The number of hydrogen-bond acceptors (Lipinski definition) is 3. The van der Waals surface area contributed by atoms with Crippen LogP contribution in [0.5, 0.6) is 0 Å². The summed E-state index contributed by atoms with van der Waals surface area (Å²) < 4.78 is 40.4. The van der Waals surface area contributed by atoms with Gasteiger partial charge in [-0.3, -0.25) is 0 Å². The molecule has 2 amide bonds. The van der Waals surface area contributed by atoms with Gasteiger partial charge in [-0.15, -0.1) is 0 Å². The maximum Gasteiger partial charge on any atom is 0.323 e. The van der Waals surface area contributed by atoms with Gasteiger partial charge in [0.15, 0.2) is 0 Å². The number of benzene rings is 3. The van der Waals surface area contributed by atoms with Crippen molar-refractivity contribution in [1.82, 2.24) is 4.98 Å². The van der Waals surface area contributed by atoms with Crippen molar-refractivity contribution in [3.8, 4) is 17.2 Å². The summed E-state index contributed by atoms with van der Waals surface area (Å²) in [5.41, 5.74) is 1.96. The third kappa shape index (κ3) is 4.31. The molecule has 0 atom stereocenters. The molecule has 31 heavy (non-hydrogen) atoms. The van der Waals surface area contributed by atoms with E-state index in [1.54, 1.807) is 36.4 Å². The van der Waals surface area contributed by atoms with E-state index in [0.717, 1.165) is 12.1 Å². The second-order valence-corrected chi connectivity index (χ2v) is 6.61. The molecule has 2 N–H and O–H groups in total. The van der Waals surface area contributed by atoms with Crippen molar-refractivity contribution in [2.24, 2.45) is 0 Å². The lowest BCUT2D eigenvalue weighted by Gasteiger charge is -2.11. The number of rotatable bonds is 3. The average molecular weight is 418 g/mol.